The Morgan fingerprint density at radius 3 is 2.50 bits per heavy atom. The van der Waals surface area contributed by atoms with Gasteiger partial charge in [-0.3, -0.25) is 0 Å². The molecule has 0 saturated heterocycles. The van der Waals surface area contributed by atoms with E-state index in [2.05, 4.69) is 60.5 Å². The molecule has 0 aliphatic heterocycles. The number of hydrogen-bond acceptors (Lipinski definition) is 3. The first-order valence-corrected chi connectivity index (χ1v) is 8.05. The standard InChI is InChI=1S/C17H22N2S/c1-3-12-19-17(15-9-5-4-6-10-15)14(2)20-16-11-7-8-13-18-16/h4-11,13-14,17,19H,3,12H2,1-2H3. The average Bonchev–Trinajstić information content (AvgIpc) is 2.50. The molecule has 2 atom stereocenters. The van der Waals surface area contributed by atoms with Gasteiger partial charge in [0.2, 0.25) is 0 Å². The fraction of sp³-hybridized carbons (Fsp3) is 0.353. The Bertz CT molecular complexity index is 487. The summed E-state index contributed by atoms with van der Waals surface area (Å²) in [6, 6.07) is 17.1. The van der Waals surface area contributed by atoms with Gasteiger partial charge in [-0.1, -0.05) is 50.2 Å². The van der Waals surface area contributed by atoms with E-state index in [1.807, 2.05) is 30.1 Å². The highest BCUT2D eigenvalue weighted by molar-refractivity contribution is 7.99. The first-order chi connectivity index (χ1) is 9.81. The van der Waals surface area contributed by atoms with Crippen LogP contribution in [0.2, 0.25) is 0 Å². The molecule has 0 saturated carbocycles. The van der Waals surface area contributed by atoms with Crippen LogP contribution in [0.5, 0.6) is 0 Å². The lowest BCUT2D eigenvalue weighted by Crippen LogP contribution is -2.29. The first kappa shape index (κ1) is 15.1. The summed E-state index contributed by atoms with van der Waals surface area (Å²) in [7, 11) is 0. The van der Waals surface area contributed by atoms with E-state index >= 15 is 0 Å². The van der Waals surface area contributed by atoms with E-state index in [1.165, 1.54) is 5.56 Å². The summed E-state index contributed by atoms with van der Waals surface area (Å²) >= 11 is 1.82. The summed E-state index contributed by atoms with van der Waals surface area (Å²) < 4.78 is 0. The molecule has 0 aliphatic rings. The maximum atomic E-state index is 4.41. The molecule has 0 radical (unpaired) electrons. The third-order valence-corrected chi connectivity index (χ3v) is 4.31. The van der Waals surface area contributed by atoms with Crippen molar-refractivity contribution >= 4 is 11.8 Å². The maximum Gasteiger partial charge on any atom is 0.0963 e. The molecular weight excluding hydrogens is 264 g/mol. The average molecular weight is 286 g/mol. The lowest BCUT2D eigenvalue weighted by atomic mass is 10.0. The van der Waals surface area contributed by atoms with Gasteiger partial charge in [0.1, 0.15) is 0 Å². The zero-order valence-corrected chi connectivity index (χ0v) is 12.9. The summed E-state index contributed by atoms with van der Waals surface area (Å²) in [6.07, 6.45) is 3.00. The van der Waals surface area contributed by atoms with Gasteiger partial charge < -0.3 is 5.32 Å². The molecule has 0 amide bonds. The molecule has 0 fully saturated rings. The zero-order chi connectivity index (χ0) is 14.2. The molecule has 1 heterocycles. The Morgan fingerprint density at radius 1 is 1.10 bits per heavy atom. The highest BCUT2D eigenvalue weighted by Crippen LogP contribution is 2.30. The predicted octanol–water partition coefficient (Wildman–Crippen LogP) is 4.30. The molecule has 2 nitrogen and oxygen atoms in total. The van der Waals surface area contributed by atoms with Crippen molar-refractivity contribution in [3.8, 4) is 0 Å². The van der Waals surface area contributed by atoms with Gasteiger partial charge >= 0.3 is 0 Å². The Labute approximate surface area is 126 Å². The largest absolute Gasteiger partial charge is 0.309 e. The summed E-state index contributed by atoms with van der Waals surface area (Å²) in [6.45, 7) is 5.50. The van der Waals surface area contributed by atoms with Crippen molar-refractivity contribution < 1.29 is 0 Å². The van der Waals surface area contributed by atoms with Gasteiger partial charge in [0, 0.05) is 17.5 Å². The third-order valence-electron chi connectivity index (χ3n) is 3.19. The van der Waals surface area contributed by atoms with E-state index in [4.69, 9.17) is 0 Å². The van der Waals surface area contributed by atoms with Crippen molar-refractivity contribution in [3.63, 3.8) is 0 Å². The van der Waals surface area contributed by atoms with Gasteiger partial charge in [-0.25, -0.2) is 4.98 Å². The minimum atomic E-state index is 0.350. The molecule has 20 heavy (non-hydrogen) atoms. The van der Waals surface area contributed by atoms with Crippen LogP contribution in [0.4, 0.5) is 0 Å². The van der Waals surface area contributed by atoms with Crippen molar-refractivity contribution in [2.75, 3.05) is 6.54 Å². The van der Waals surface area contributed by atoms with E-state index < -0.39 is 0 Å². The molecule has 1 aromatic carbocycles. The van der Waals surface area contributed by atoms with Crippen molar-refractivity contribution in [3.05, 3.63) is 60.3 Å². The predicted molar refractivity (Wildman–Crippen MR) is 87.0 cm³/mol. The van der Waals surface area contributed by atoms with Crippen LogP contribution in [-0.2, 0) is 0 Å². The SMILES string of the molecule is CCCNC(c1ccccc1)C(C)Sc1ccccn1. The number of benzene rings is 1. The van der Waals surface area contributed by atoms with Crippen molar-refractivity contribution in [2.24, 2.45) is 0 Å². The highest BCUT2D eigenvalue weighted by atomic mass is 32.2. The quantitative estimate of drug-likeness (QED) is 0.768. The van der Waals surface area contributed by atoms with Crippen LogP contribution < -0.4 is 5.32 Å². The van der Waals surface area contributed by atoms with Gasteiger partial charge in [-0.15, -0.1) is 11.8 Å². The normalized spacial score (nSPS) is 13.9. The third kappa shape index (κ3) is 4.36. The van der Waals surface area contributed by atoms with Crippen LogP contribution >= 0.6 is 11.8 Å². The Kier molecular flexibility index (Phi) is 6.09. The van der Waals surface area contributed by atoms with Gasteiger partial charge in [-0.2, -0.15) is 0 Å². The maximum absolute atomic E-state index is 4.41. The molecule has 1 aromatic heterocycles. The number of pyridine rings is 1. The lowest BCUT2D eigenvalue weighted by Gasteiger charge is -2.25. The molecule has 2 unspecified atom stereocenters. The molecule has 2 aromatic rings. The number of rotatable bonds is 7. The van der Waals surface area contributed by atoms with Crippen LogP contribution in [0, 0.1) is 0 Å². The van der Waals surface area contributed by atoms with Crippen molar-refractivity contribution in [2.45, 2.75) is 36.6 Å². The summed E-state index contributed by atoms with van der Waals surface area (Å²) in [4.78, 5) is 4.41. The second kappa shape index (κ2) is 8.08. The van der Waals surface area contributed by atoms with Gasteiger partial charge in [0.05, 0.1) is 5.03 Å². The smallest absolute Gasteiger partial charge is 0.0963 e. The van der Waals surface area contributed by atoms with Crippen LogP contribution in [0.3, 0.4) is 0 Å². The Hall–Kier alpha value is -1.32. The molecule has 3 heteroatoms. The van der Waals surface area contributed by atoms with Crippen LogP contribution in [0.15, 0.2) is 59.8 Å². The van der Waals surface area contributed by atoms with Gasteiger partial charge in [-0.05, 0) is 30.7 Å². The zero-order valence-electron chi connectivity index (χ0n) is 12.1. The topological polar surface area (TPSA) is 24.9 Å². The fourth-order valence-corrected chi connectivity index (χ4v) is 3.24. The number of nitrogens with zero attached hydrogens (tertiary/aromatic N) is 1. The van der Waals surface area contributed by atoms with E-state index in [0.29, 0.717) is 11.3 Å². The van der Waals surface area contributed by atoms with E-state index in [1.54, 1.807) is 0 Å². The van der Waals surface area contributed by atoms with E-state index in [9.17, 15) is 0 Å². The monoisotopic (exact) mass is 286 g/mol. The molecule has 0 bridgehead atoms. The molecule has 0 spiro atoms. The summed E-state index contributed by atoms with van der Waals surface area (Å²) in [5, 5.41) is 5.17. The molecule has 0 aliphatic carbocycles. The fourth-order valence-electron chi connectivity index (χ4n) is 2.19. The van der Waals surface area contributed by atoms with Crippen molar-refractivity contribution in [1.82, 2.24) is 10.3 Å². The second-order valence-electron chi connectivity index (χ2n) is 4.83. The molecule has 2 rings (SSSR count). The first-order valence-electron chi connectivity index (χ1n) is 7.17. The van der Waals surface area contributed by atoms with E-state index in [0.717, 1.165) is 18.0 Å². The minimum absolute atomic E-state index is 0.350. The summed E-state index contributed by atoms with van der Waals surface area (Å²) in [5.74, 6) is 0. The number of thioether (sulfide) groups is 1. The van der Waals surface area contributed by atoms with Crippen LogP contribution in [0.25, 0.3) is 0 Å². The lowest BCUT2D eigenvalue weighted by molar-refractivity contribution is 0.527. The second-order valence-corrected chi connectivity index (χ2v) is 6.23. The Balaban J connectivity index is 2.10. The van der Waals surface area contributed by atoms with Crippen LogP contribution in [-0.4, -0.2) is 16.8 Å². The molecule has 1 N–H and O–H groups in total. The minimum Gasteiger partial charge on any atom is -0.309 e. The highest BCUT2D eigenvalue weighted by Gasteiger charge is 2.19. The van der Waals surface area contributed by atoms with Gasteiger partial charge in [0.25, 0.3) is 0 Å². The summed E-state index contributed by atoms with van der Waals surface area (Å²) in [5.41, 5.74) is 1.34. The van der Waals surface area contributed by atoms with E-state index in [-0.39, 0.29) is 0 Å². The molecular formula is C17H22N2S. The van der Waals surface area contributed by atoms with Crippen LogP contribution in [0.1, 0.15) is 31.9 Å². The van der Waals surface area contributed by atoms with Crippen molar-refractivity contribution in [1.29, 1.82) is 0 Å². The molecule has 106 valence electrons. The van der Waals surface area contributed by atoms with Gasteiger partial charge in [0.15, 0.2) is 0 Å². The number of aromatic nitrogens is 1. The number of hydrogen-bond donors (Lipinski definition) is 1. The Morgan fingerprint density at radius 2 is 1.85 bits per heavy atom. The number of nitrogens with one attached hydrogen (secondary N) is 1.